The molecular weight excluding hydrogens is 408 g/mol. The van der Waals surface area contributed by atoms with Gasteiger partial charge in [-0.3, -0.25) is 9.10 Å². The molecule has 0 saturated heterocycles. The van der Waals surface area contributed by atoms with Crippen molar-refractivity contribution in [3.63, 3.8) is 0 Å². The van der Waals surface area contributed by atoms with E-state index in [1.807, 2.05) is 30.3 Å². The lowest BCUT2D eigenvalue weighted by molar-refractivity contribution is 0.0906. The van der Waals surface area contributed by atoms with Gasteiger partial charge in [-0.2, -0.15) is 0 Å². The molecule has 0 aromatic heterocycles. The fourth-order valence-corrected chi connectivity index (χ4v) is 3.87. The Bertz CT molecular complexity index is 963. The molecule has 0 saturated carbocycles. The van der Waals surface area contributed by atoms with Crippen LogP contribution in [0.3, 0.4) is 0 Å². The Labute approximate surface area is 177 Å². The van der Waals surface area contributed by atoms with Crippen molar-refractivity contribution in [1.82, 2.24) is 5.32 Å². The highest BCUT2D eigenvalue weighted by molar-refractivity contribution is 7.92. The number of hydrogen-bond acceptors (Lipinski definition) is 6. The number of carbonyl (C=O) groups is 1. The van der Waals surface area contributed by atoms with E-state index >= 15 is 0 Å². The minimum absolute atomic E-state index is 0.0586. The monoisotopic (exact) mass is 436 g/mol. The maximum atomic E-state index is 13.0. The van der Waals surface area contributed by atoms with Crippen LogP contribution in [0.1, 0.15) is 22.8 Å². The highest BCUT2D eigenvalue weighted by atomic mass is 32.2. The first-order chi connectivity index (χ1) is 14.2. The Balaban J connectivity index is 2.61. The number of rotatable bonds is 10. The standard InChI is InChI=1S/C21H28N2O6S/c1-15(14-27-2)22-21(24)17-11-19(28-3)20(29-4)12-18(17)23(30(5,25)26)13-16-9-7-6-8-10-16/h6-12,15H,13-14H2,1-5H3,(H,22,24). The van der Waals surface area contributed by atoms with Gasteiger partial charge in [-0.15, -0.1) is 0 Å². The number of nitrogens with one attached hydrogen (secondary N) is 1. The third-order valence-electron chi connectivity index (χ3n) is 4.38. The predicted octanol–water partition coefficient (Wildman–Crippen LogP) is 2.43. The second-order valence-corrected chi connectivity index (χ2v) is 8.72. The molecule has 2 aromatic rings. The zero-order chi connectivity index (χ0) is 22.3. The average molecular weight is 437 g/mol. The first-order valence-electron chi connectivity index (χ1n) is 9.28. The van der Waals surface area contributed by atoms with Gasteiger partial charge in [0.1, 0.15) is 0 Å². The molecule has 0 spiro atoms. The number of methoxy groups -OCH3 is 3. The van der Waals surface area contributed by atoms with E-state index in [1.165, 1.54) is 37.8 Å². The largest absolute Gasteiger partial charge is 0.493 e. The van der Waals surface area contributed by atoms with Crippen LogP contribution in [0, 0.1) is 0 Å². The molecule has 0 radical (unpaired) electrons. The molecule has 0 aliphatic heterocycles. The quantitative estimate of drug-likeness (QED) is 0.615. The molecule has 164 valence electrons. The highest BCUT2D eigenvalue weighted by Gasteiger charge is 2.27. The van der Waals surface area contributed by atoms with Gasteiger partial charge in [0.15, 0.2) is 11.5 Å². The molecule has 9 heteroatoms. The molecule has 0 aliphatic rings. The van der Waals surface area contributed by atoms with Crippen LogP contribution in [-0.2, 0) is 21.3 Å². The minimum Gasteiger partial charge on any atom is -0.493 e. The van der Waals surface area contributed by atoms with Crippen molar-refractivity contribution in [2.75, 3.05) is 38.5 Å². The van der Waals surface area contributed by atoms with Crippen LogP contribution in [0.4, 0.5) is 5.69 Å². The van der Waals surface area contributed by atoms with E-state index in [4.69, 9.17) is 14.2 Å². The molecule has 1 unspecified atom stereocenters. The van der Waals surface area contributed by atoms with Gasteiger partial charge in [0.25, 0.3) is 5.91 Å². The molecule has 0 aliphatic carbocycles. The summed E-state index contributed by atoms with van der Waals surface area (Å²) in [4.78, 5) is 13.0. The van der Waals surface area contributed by atoms with Crippen molar-refractivity contribution in [3.8, 4) is 11.5 Å². The summed E-state index contributed by atoms with van der Waals surface area (Å²) in [5.74, 6) is 0.187. The van der Waals surface area contributed by atoms with Crippen LogP contribution in [-0.4, -0.2) is 54.6 Å². The molecule has 2 aromatic carbocycles. The van der Waals surface area contributed by atoms with Gasteiger partial charge in [0, 0.05) is 19.2 Å². The summed E-state index contributed by atoms with van der Waals surface area (Å²) in [5, 5.41) is 2.81. The van der Waals surface area contributed by atoms with Crippen molar-refractivity contribution >= 4 is 21.6 Å². The van der Waals surface area contributed by atoms with Crippen molar-refractivity contribution in [2.45, 2.75) is 19.5 Å². The van der Waals surface area contributed by atoms with Crippen molar-refractivity contribution in [1.29, 1.82) is 0 Å². The molecule has 8 nitrogen and oxygen atoms in total. The SMILES string of the molecule is COCC(C)NC(=O)c1cc(OC)c(OC)cc1N(Cc1ccccc1)S(C)(=O)=O. The molecule has 0 heterocycles. The zero-order valence-electron chi connectivity index (χ0n) is 17.8. The number of benzene rings is 2. The van der Waals surface area contributed by atoms with Gasteiger partial charge in [-0.25, -0.2) is 8.42 Å². The maximum absolute atomic E-state index is 13.0. The number of amides is 1. The number of ether oxygens (including phenoxy) is 3. The summed E-state index contributed by atoms with van der Waals surface area (Å²) in [6, 6.07) is 11.8. The molecular formula is C21H28N2O6S. The lowest BCUT2D eigenvalue weighted by Crippen LogP contribution is -2.37. The minimum atomic E-state index is -3.72. The lowest BCUT2D eigenvalue weighted by Gasteiger charge is -2.26. The molecule has 1 atom stereocenters. The average Bonchev–Trinajstić information content (AvgIpc) is 2.71. The van der Waals surface area contributed by atoms with Crippen LogP contribution in [0.25, 0.3) is 0 Å². The van der Waals surface area contributed by atoms with Gasteiger partial charge in [0.05, 0.1) is 44.9 Å². The van der Waals surface area contributed by atoms with Crippen molar-refractivity contribution < 1.29 is 27.4 Å². The Morgan fingerprint density at radius 2 is 1.67 bits per heavy atom. The van der Waals surface area contributed by atoms with E-state index in [-0.39, 0.29) is 23.8 Å². The molecule has 0 bridgehead atoms. The molecule has 30 heavy (non-hydrogen) atoms. The number of sulfonamides is 1. The van der Waals surface area contributed by atoms with Crippen molar-refractivity contribution in [3.05, 3.63) is 53.6 Å². The zero-order valence-corrected chi connectivity index (χ0v) is 18.7. The fourth-order valence-electron chi connectivity index (χ4n) is 2.98. The number of anilines is 1. The normalized spacial score (nSPS) is 12.2. The second kappa shape index (κ2) is 10.3. The Kier molecular flexibility index (Phi) is 8.08. The summed E-state index contributed by atoms with van der Waals surface area (Å²) in [6.45, 7) is 2.16. The summed E-state index contributed by atoms with van der Waals surface area (Å²) in [6.07, 6.45) is 1.10. The second-order valence-electron chi connectivity index (χ2n) is 6.81. The van der Waals surface area contributed by atoms with Gasteiger partial charge in [-0.05, 0) is 18.6 Å². The molecule has 2 rings (SSSR count). The maximum Gasteiger partial charge on any atom is 0.253 e. The van der Waals surface area contributed by atoms with E-state index in [2.05, 4.69) is 5.32 Å². The summed E-state index contributed by atoms with van der Waals surface area (Å²) < 4.78 is 42.3. The number of carbonyl (C=O) groups excluding carboxylic acids is 1. The van der Waals surface area contributed by atoms with E-state index in [9.17, 15) is 13.2 Å². The van der Waals surface area contributed by atoms with Gasteiger partial charge in [-0.1, -0.05) is 30.3 Å². The first-order valence-corrected chi connectivity index (χ1v) is 11.1. The van der Waals surface area contributed by atoms with Gasteiger partial charge >= 0.3 is 0 Å². The van der Waals surface area contributed by atoms with Crippen LogP contribution < -0.4 is 19.1 Å². The first kappa shape index (κ1) is 23.5. The molecule has 1 N–H and O–H groups in total. The van der Waals surface area contributed by atoms with E-state index < -0.39 is 15.9 Å². The molecule has 1 amide bonds. The van der Waals surface area contributed by atoms with Crippen molar-refractivity contribution in [2.24, 2.45) is 0 Å². The Morgan fingerprint density at radius 1 is 1.07 bits per heavy atom. The summed E-state index contributed by atoms with van der Waals surface area (Å²) in [5.41, 5.74) is 1.12. The molecule has 0 fully saturated rings. The fraction of sp³-hybridized carbons (Fsp3) is 0.381. The summed E-state index contributed by atoms with van der Waals surface area (Å²) >= 11 is 0. The van der Waals surface area contributed by atoms with Crippen LogP contribution in [0.2, 0.25) is 0 Å². The van der Waals surface area contributed by atoms with Gasteiger partial charge in [0.2, 0.25) is 10.0 Å². The summed E-state index contributed by atoms with van der Waals surface area (Å²) in [7, 11) is 0.712. The smallest absolute Gasteiger partial charge is 0.253 e. The third-order valence-corrected chi connectivity index (χ3v) is 5.51. The van der Waals surface area contributed by atoms with E-state index in [0.29, 0.717) is 18.1 Å². The highest BCUT2D eigenvalue weighted by Crippen LogP contribution is 2.37. The van der Waals surface area contributed by atoms with Crippen LogP contribution in [0.15, 0.2) is 42.5 Å². The number of hydrogen-bond donors (Lipinski definition) is 1. The topological polar surface area (TPSA) is 94.2 Å². The number of nitrogens with zero attached hydrogens (tertiary/aromatic N) is 1. The van der Waals surface area contributed by atoms with E-state index in [1.54, 1.807) is 6.92 Å². The Morgan fingerprint density at radius 3 is 2.20 bits per heavy atom. The lowest BCUT2D eigenvalue weighted by atomic mass is 10.1. The van der Waals surface area contributed by atoms with Crippen LogP contribution in [0.5, 0.6) is 11.5 Å². The third kappa shape index (κ3) is 5.87. The van der Waals surface area contributed by atoms with E-state index in [0.717, 1.165) is 11.8 Å². The van der Waals surface area contributed by atoms with Gasteiger partial charge < -0.3 is 19.5 Å². The predicted molar refractivity (Wildman–Crippen MR) is 116 cm³/mol. The van der Waals surface area contributed by atoms with Crippen LogP contribution >= 0.6 is 0 Å². The Hall–Kier alpha value is -2.78.